The van der Waals surface area contributed by atoms with Gasteiger partial charge in [-0.1, -0.05) is 35.4 Å². The molecule has 4 heteroatoms. The van der Waals surface area contributed by atoms with Crippen molar-refractivity contribution in [1.82, 2.24) is 0 Å². The van der Waals surface area contributed by atoms with Gasteiger partial charge in [0.1, 0.15) is 0 Å². The lowest BCUT2D eigenvalue weighted by atomic mass is 10.1. The Morgan fingerprint density at radius 1 is 1.20 bits per heavy atom. The van der Waals surface area contributed by atoms with Gasteiger partial charge in [-0.25, -0.2) is 0 Å². The number of hydrogen-bond acceptors (Lipinski definition) is 2. The van der Waals surface area contributed by atoms with Gasteiger partial charge in [0.25, 0.3) is 0 Å². The Labute approximate surface area is 123 Å². The summed E-state index contributed by atoms with van der Waals surface area (Å²) < 4.78 is 0. The van der Waals surface area contributed by atoms with Gasteiger partial charge in [-0.05, 0) is 43.2 Å². The van der Waals surface area contributed by atoms with Gasteiger partial charge < -0.3 is 11.1 Å². The standard InChI is InChI=1S/C16H17ClN2O/c1-10-3-4-12(11(2)7-10)9-19-13-5-6-14(16(18)20)15(17)8-13/h3-8,19H,9H2,1-2H3,(H2,18,20). The van der Waals surface area contributed by atoms with E-state index in [2.05, 4.69) is 37.4 Å². The molecule has 0 fully saturated rings. The topological polar surface area (TPSA) is 55.1 Å². The van der Waals surface area contributed by atoms with Crippen LogP contribution in [0.25, 0.3) is 0 Å². The molecule has 0 unspecified atom stereocenters. The number of aryl methyl sites for hydroxylation is 2. The Hall–Kier alpha value is -2.00. The Morgan fingerprint density at radius 3 is 2.55 bits per heavy atom. The Bertz CT molecular complexity index is 653. The number of nitrogens with one attached hydrogen (secondary N) is 1. The maximum absolute atomic E-state index is 11.1. The van der Waals surface area contributed by atoms with E-state index >= 15 is 0 Å². The first-order valence-corrected chi connectivity index (χ1v) is 6.74. The molecule has 0 aliphatic rings. The van der Waals surface area contributed by atoms with E-state index in [9.17, 15) is 4.79 Å². The Morgan fingerprint density at radius 2 is 1.95 bits per heavy atom. The molecule has 0 aliphatic heterocycles. The summed E-state index contributed by atoms with van der Waals surface area (Å²) in [6.07, 6.45) is 0. The summed E-state index contributed by atoms with van der Waals surface area (Å²) in [6, 6.07) is 11.5. The van der Waals surface area contributed by atoms with E-state index < -0.39 is 5.91 Å². The lowest BCUT2D eigenvalue weighted by molar-refractivity contribution is 0.100. The fourth-order valence-corrected chi connectivity index (χ4v) is 2.34. The third kappa shape index (κ3) is 3.31. The zero-order valence-corrected chi connectivity index (χ0v) is 12.3. The molecule has 1 amide bonds. The molecule has 20 heavy (non-hydrogen) atoms. The third-order valence-electron chi connectivity index (χ3n) is 3.22. The smallest absolute Gasteiger partial charge is 0.250 e. The zero-order valence-electron chi connectivity index (χ0n) is 11.5. The van der Waals surface area contributed by atoms with Crippen LogP contribution in [0, 0.1) is 13.8 Å². The number of benzene rings is 2. The maximum Gasteiger partial charge on any atom is 0.250 e. The van der Waals surface area contributed by atoms with E-state index in [1.807, 2.05) is 0 Å². The zero-order chi connectivity index (χ0) is 14.7. The van der Waals surface area contributed by atoms with Gasteiger partial charge in [0.15, 0.2) is 0 Å². The number of amides is 1. The second kappa shape index (κ2) is 5.97. The SMILES string of the molecule is Cc1ccc(CNc2ccc(C(N)=O)c(Cl)c2)c(C)c1. The Kier molecular flexibility index (Phi) is 4.30. The lowest BCUT2D eigenvalue weighted by Gasteiger charge is -2.11. The van der Waals surface area contributed by atoms with Crippen molar-refractivity contribution in [3.63, 3.8) is 0 Å². The van der Waals surface area contributed by atoms with Crippen LogP contribution < -0.4 is 11.1 Å². The van der Waals surface area contributed by atoms with Crippen LogP contribution in [-0.4, -0.2) is 5.91 Å². The molecule has 0 bridgehead atoms. The molecule has 3 nitrogen and oxygen atoms in total. The van der Waals surface area contributed by atoms with Crippen LogP contribution in [-0.2, 0) is 6.54 Å². The second-order valence-corrected chi connectivity index (χ2v) is 5.25. The number of hydrogen-bond donors (Lipinski definition) is 2. The summed E-state index contributed by atoms with van der Waals surface area (Å²) in [5, 5.41) is 3.66. The lowest BCUT2D eigenvalue weighted by Crippen LogP contribution is -2.11. The van der Waals surface area contributed by atoms with Gasteiger partial charge in [0.05, 0.1) is 10.6 Å². The van der Waals surface area contributed by atoms with Crippen molar-refractivity contribution >= 4 is 23.2 Å². The predicted molar refractivity (Wildman–Crippen MR) is 83.2 cm³/mol. The number of carbonyl (C=O) groups excluding carboxylic acids is 1. The molecule has 0 atom stereocenters. The average molecular weight is 289 g/mol. The molecule has 0 aromatic heterocycles. The number of carbonyl (C=O) groups is 1. The summed E-state index contributed by atoms with van der Waals surface area (Å²) >= 11 is 6.02. The maximum atomic E-state index is 11.1. The first-order chi connectivity index (χ1) is 9.47. The first kappa shape index (κ1) is 14.4. The van der Waals surface area contributed by atoms with E-state index in [0.29, 0.717) is 17.1 Å². The van der Waals surface area contributed by atoms with Crippen LogP contribution in [0.3, 0.4) is 0 Å². The predicted octanol–water partition coefficient (Wildman–Crippen LogP) is 3.67. The minimum absolute atomic E-state index is 0.337. The normalized spacial score (nSPS) is 10.3. The van der Waals surface area contributed by atoms with Crippen molar-refractivity contribution < 1.29 is 4.79 Å². The highest BCUT2D eigenvalue weighted by molar-refractivity contribution is 6.34. The number of rotatable bonds is 4. The molecule has 0 heterocycles. The van der Waals surface area contributed by atoms with E-state index in [1.165, 1.54) is 16.7 Å². The molecule has 104 valence electrons. The highest BCUT2D eigenvalue weighted by Gasteiger charge is 2.07. The van der Waals surface area contributed by atoms with Crippen LogP contribution in [0.1, 0.15) is 27.0 Å². The van der Waals surface area contributed by atoms with Crippen molar-refractivity contribution in [1.29, 1.82) is 0 Å². The fraction of sp³-hybridized carbons (Fsp3) is 0.188. The second-order valence-electron chi connectivity index (χ2n) is 4.84. The number of anilines is 1. The van der Waals surface area contributed by atoms with E-state index in [4.69, 9.17) is 17.3 Å². The van der Waals surface area contributed by atoms with Crippen molar-refractivity contribution in [2.24, 2.45) is 5.73 Å². The van der Waals surface area contributed by atoms with Gasteiger partial charge in [-0.2, -0.15) is 0 Å². The number of nitrogens with two attached hydrogens (primary N) is 1. The molecule has 2 rings (SSSR count). The van der Waals surface area contributed by atoms with Crippen molar-refractivity contribution in [3.05, 3.63) is 63.7 Å². The van der Waals surface area contributed by atoms with Crippen LogP contribution in [0.4, 0.5) is 5.69 Å². The molecule has 0 saturated heterocycles. The van der Waals surface area contributed by atoms with Gasteiger partial charge in [-0.3, -0.25) is 4.79 Å². The number of halogens is 1. The molecule has 0 aliphatic carbocycles. The molecule has 0 radical (unpaired) electrons. The minimum Gasteiger partial charge on any atom is -0.381 e. The monoisotopic (exact) mass is 288 g/mol. The quantitative estimate of drug-likeness (QED) is 0.902. The van der Waals surface area contributed by atoms with Crippen molar-refractivity contribution in [3.8, 4) is 0 Å². The fourth-order valence-electron chi connectivity index (χ4n) is 2.07. The first-order valence-electron chi connectivity index (χ1n) is 6.36. The highest BCUT2D eigenvalue weighted by atomic mass is 35.5. The minimum atomic E-state index is -0.518. The van der Waals surface area contributed by atoms with Gasteiger partial charge >= 0.3 is 0 Å². The van der Waals surface area contributed by atoms with E-state index in [-0.39, 0.29) is 0 Å². The summed E-state index contributed by atoms with van der Waals surface area (Å²) in [5.41, 5.74) is 10.1. The highest BCUT2D eigenvalue weighted by Crippen LogP contribution is 2.21. The van der Waals surface area contributed by atoms with Crippen LogP contribution in [0.2, 0.25) is 5.02 Å². The summed E-state index contributed by atoms with van der Waals surface area (Å²) in [4.78, 5) is 11.1. The molecule has 2 aromatic carbocycles. The van der Waals surface area contributed by atoms with Gasteiger partial charge in [0.2, 0.25) is 5.91 Å². The van der Waals surface area contributed by atoms with Crippen molar-refractivity contribution in [2.75, 3.05) is 5.32 Å². The Balaban J connectivity index is 2.11. The van der Waals surface area contributed by atoms with E-state index in [1.54, 1.807) is 18.2 Å². The molecular formula is C16H17ClN2O. The largest absolute Gasteiger partial charge is 0.381 e. The molecular weight excluding hydrogens is 272 g/mol. The summed E-state index contributed by atoms with van der Waals surface area (Å²) in [7, 11) is 0. The molecule has 0 saturated carbocycles. The van der Waals surface area contributed by atoms with Crippen LogP contribution in [0.15, 0.2) is 36.4 Å². The number of primary amides is 1. The third-order valence-corrected chi connectivity index (χ3v) is 3.53. The molecule has 2 aromatic rings. The summed E-state index contributed by atoms with van der Waals surface area (Å²) in [5.74, 6) is -0.518. The summed E-state index contributed by atoms with van der Waals surface area (Å²) in [6.45, 7) is 4.87. The van der Waals surface area contributed by atoms with Gasteiger partial charge in [0, 0.05) is 12.2 Å². The van der Waals surface area contributed by atoms with Crippen LogP contribution >= 0.6 is 11.6 Å². The van der Waals surface area contributed by atoms with Crippen LogP contribution in [0.5, 0.6) is 0 Å². The average Bonchev–Trinajstić information content (AvgIpc) is 2.37. The molecule has 0 spiro atoms. The molecule has 3 N–H and O–H groups in total. The van der Waals surface area contributed by atoms with Gasteiger partial charge in [-0.15, -0.1) is 0 Å². The van der Waals surface area contributed by atoms with Crippen molar-refractivity contribution in [2.45, 2.75) is 20.4 Å². The van der Waals surface area contributed by atoms with E-state index in [0.717, 1.165) is 5.69 Å².